The van der Waals surface area contributed by atoms with Crippen LogP contribution in [0.4, 0.5) is 13.2 Å². The molecule has 1 aromatic carbocycles. The topological polar surface area (TPSA) is 41.8 Å². The molecule has 0 heterocycles. The zero-order valence-corrected chi connectivity index (χ0v) is 8.45. The molecule has 0 amide bonds. The molecule has 1 aromatic rings. The minimum Gasteiger partial charge on any atom is -0.410 e. The van der Waals surface area contributed by atoms with E-state index >= 15 is 0 Å². The van der Waals surface area contributed by atoms with Gasteiger partial charge in [0.05, 0.1) is 6.61 Å². The van der Waals surface area contributed by atoms with E-state index in [4.69, 9.17) is 9.94 Å². The molecule has 0 saturated carbocycles. The van der Waals surface area contributed by atoms with E-state index in [0.29, 0.717) is 5.56 Å². The largest absolute Gasteiger partial charge is 0.437 e. The molecule has 6 heteroatoms. The maximum atomic E-state index is 12.4. The second-order valence-corrected chi connectivity index (χ2v) is 3.08. The highest BCUT2D eigenvalue weighted by Crippen LogP contribution is 2.23. The number of halogens is 3. The smallest absolute Gasteiger partial charge is 0.410 e. The van der Waals surface area contributed by atoms with E-state index in [2.05, 4.69) is 5.16 Å². The Morgan fingerprint density at radius 2 is 2.12 bits per heavy atom. The number of hydrogen-bond acceptors (Lipinski definition) is 3. The van der Waals surface area contributed by atoms with E-state index in [9.17, 15) is 13.2 Å². The van der Waals surface area contributed by atoms with Gasteiger partial charge in [0.1, 0.15) is 0 Å². The van der Waals surface area contributed by atoms with E-state index in [-0.39, 0.29) is 12.2 Å². The number of rotatable bonds is 3. The number of ether oxygens (including phenoxy) is 1. The number of nitrogens with zero attached hydrogens (tertiary/aromatic N) is 1. The number of hydrogen-bond donors (Lipinski definition) is 1. The Balaban J connectivity index is 3.08. The summed E-state index contributed by atoms with van der Waals surface area (Å²) in [5.41, 5.74) is -0.930. The number of oxime groups is 1. The molecule has 0 aliphatic rings. The molecule has 3 nitrogen and oxygen atoms in total. The molecule has 0 aliphatic heterocycles. The first-order chi connectivity index (χ1) is 7.49. The van der Waals surface area contributed by atoms with Crippen molar-refractivity contribution in [1.29, 1.82) is 0 Å². The number of benzene rings is 1. The molecule has 0 aromatic heterocycles. The summed E-state index contributed by atoms with van der Waals surface area (Å²) < 4.78 is 42.0. The molecule has 16 heavy (non-hydrogen) atoms. The molecule has 0 bridgehead atoms. The van der Waals surface area contributed by atoms with Gasteiger partial charge in [-0.3, -0.25) is 0 Å². The van der Waals surface area contributed by atoms with E-state index in [0.717, 1.165) is 0 Å². The summed E-state index contributed by atoms with van der Waals surface area (Å²) in [5, 5.41) is 10.7. The Hall–Kier alpha value is -1.56. The third-order valence-electron chi connectivity index (χ3n) is 1.88. The van der Waals surface area contributed by atoms with Crippen LogP contribution in [0.5, 0.6) is 0 Å². The summed E-state index contributed by atoms with van der Waals surface area (Å²) in [4.78, 5) is 0. The molecule has 0 aliphatic carbocycles. The van der Waals surface area contributed by atoms with Crippen LogP contribution in [0.25, 0.3) is 0 Å². The van der Waals surface area contributed by atoms with Crippen molar-refractivity contribution in [2.24, 2.45) is 5.16 Å². The first kappa shape index (κ1) is 12.5. The summed E-state index contributed by atoms with van der Waals surface area (Å²) in [6.45, 7) is 0.199. The lowest BCUT2D eigenvalue weighted by Gasteiger charge is -2.09. The van der Waals surface area contributed by atoms with E-state index in [1.165, 1.54) is 25.3 Å². The van der Waals surface area contributed by atoms with Gasteiger partial charge in [-0.25, -0.2) is 0 Å². The van der Waals surface area contributed by atoms with Gasteiger partial charge in [-0.2, -0.15) is 13.2 Å². The number of methoxy groups -OCH3 is 1. The Kier molecular flexibility index (Phi) is 3.89. The van der Waals surface area contributed by atoms with Crippen LogP contribution >= 0.6 is 0 Å². The normalized spacial score (nSPS) is 12.9. The van der Waals surface area contributed by atoms with Crippen molar-refractivity contribution in [3.63, 3.8) is 0 Å². The van der Waals surface area contributed by atoms with E-state index < -0.39 is 11.9 Å². The van der Waals surface area contributed by atoms with Crippen LogP contribution in [0.3, 0.4) is 0 Å². The third kappa shape index (κ3) is 2.96. The summed E-state index contributed by atoms with van der Waals surface area (Å²) in [5.74, 6) is 0. The maximum absolute atomic E-state index is 12.4. The average molecular weight is 233 g/mol. The first-order valence-corrected chi connectivity index (χ1v) is 4.36. The molecule has 0 atom stereocenters. The zero-order valence-electron chi connectivity index (χ0n) is 8.45. The minimum atomic E-state index is -4.68. The lowest BCUT2D eigenvalue weighted by atomic mass is 10.1. The molecule has 0 radical (unpaired) electrons. The summed E-state index contributed by atoms with van der Waals surface area (Å²) >= 11 is 0. The standard InChI is InChI=1S/C10H10F3NO2/c1-16-6-7-3-2-4-8(5-7)9(14-15)10(11,12)13/h2-5,15H,6H2,1H3/b14-9-. The van der Waals surface area contributed by atoms with Crippen LogP contribution in [0.1, 0.15) is 11.1 Å². The van der Waals surface area contributed by atoms with Gasteiger partial charge in [0.25, 0.3) is 0 Å². The zero-order chi connectivity index (χ0) is 12.2. The van der Waals surface area contributed by atoms with Crippen molar-refractivity contribution in [2.45, 2.75) is 12.8 Å². The lowest BCUT2D eigenvalue weighted by Crippen LogP contribution is -2.24. The van der Waals surface area contributed by atoms with Crippen molar-refractivity contribution in [1.82, 2.24) is 0 Å². The molecule has 0 saturated heterocycles. The SMILES string of the molecule is COCc1cccc(/C(=N/O)C(F)(F)F)c1. The van der Waals surface area contributed by atoms with Crippen molar-refractivity contribution < 1.29 is 23.1 Å². The van der Waals surface area contributed by atoms with Crippen LogP contribution in [0.15, 0.2) is 29.4 Å². The minimum absolute atomic E-state index is 0.190. The molecule has 1 rings (SSSR count). The second kappa shape index (κ2) is 4.98. The fourth-order valence-corrected chi connectivity index (χ4v) is 1.25. The average Bonchev–Trinajstić information content (AvgIpc) is 2.17. The summed E-state index contributed by atoms with van der Waals surface area (Å²) in [7, 11) is 1.44. The Morgan fingerprint density at radius 1 is 1.44 bits per heavy atom. The predicted octanol–water partition coefficient (Wildman–Crippen LogP) is 2.57. The lowest BCUT2D eigenvalue weighted by molar-refractivity contribution is -0.0601. The Labute approximate surface area is 90.1 Å². The highest BCUT2D eigenvalue weighted by molar-refractivity contribution is 6.04. The van der Waals surface area contributed by atoms with Crippen LogP contribution in [0, 0.1) is 0 Å². The molecule has 0 fully saturated rings. The van der Waals surface area contributed by atoms with Gasteiger partial charge in [-0.1, -0.05) is 23.4 Å². The van der Waals surface area contributed by atoms with Gasteiger partial charge in [-0.05, 0) is 11.6 Å². The summed E-state index contributed by atoms with van der Waals surface area (Å²) in [6.07, 6.45) is -4.68. The molecule has 1 N–H and O–H groups in total. The van der Waals surface area contributed by atoms with Crippen LogP contribution in [0.2, 0.25) is 0 Å². The molecule has 0 spiro atoms. The first-order valence-electron chi connectivity index (χ1n) is 4.36. The van der Waals surface area contributed by atoms with E-state index in [1.807, 2.05) is 0 Å². The van der Waals surface area contributed by atoms with Gasteiger partial charge in [0.2, 0.25) is 0 Å². The van der Waals surface area contributed by atoms with Gasteiger partial charge in [0, 0.05) is 12.7 Å². The third-order valence-corrected chi connectivity index (χ3v) is 1.88. The van der Waals surface area contributed by atoms with Gasteiger partial charge in [0.15, 0.2) is 5.71 Å². The van der Waals surface area contributed by atoms with Gasteiger partial charge < -0.3 is 9.94 Å². The molecule has 88 valence electrons. The van der Waals surface area contributed by atoms with Crippen LogP contribution in [-0.4, -0.2) is 24.2 Å². The van der Waals surface area contributed by atoms with Gasteiger partial charge >= 0.3 is 6.18 Å². The van der Waals surface area contributed by atoms with Crippen molar-refractivity contribution in [2.75, 3.05) is 7.11 Å². The van der Waals surface area contributed by atoms with Crippen LogP contribution < -0.4 is 0 Å². The number of alkyl halides is 3. The highest BCUT2D eigenvalue weighted by atomic mass is 19.4. The monoisotopic (exact) mass is 233 g/mol. The van der Waals surface area contributed by atoms with Crippen LogP contribution in [-0.2, 0) is 11.3 Å². The van der Waals surface area contributed by atoms with Crippen molar-refractivity contribution >= 4 is 5.71 Å². The fourth-order valence-electron chi connectivity index (χ4n) is 1.25. The van der Waals surface area contributed by atoms with Crippen molar-refractivity contribution in [3.8, 4) is 0 Å². The molecular weight excluding hydrogens is 223 g/mol. The Bertz CT molecular complexity index is 388. The highest BCUT2D eigenvalue weighted by Gasteiger charge is 2.37. The van der Waals surface area contributed by atoms with E-state index in [1.54, 1.807) is 6.07 Å². The summed E-state index contributed by atoms with van der Waals surface area (Å²) in [6, 6.07) is 5.56. The quantitative estimate of drug-likeness (QED) is 0.495. The molecule has 0 unspecified atom stereocenters. The van der Waals surface area contributed by atoms with Gasteiger partial charge in [-0.15, -0.1) is 0 Å². The molecular formula is C10H10F3NO2. The van der Waals surface area contributed by atoms with Crippen molar-refractivity contribution in [3.05, 3.63) is 35.4 Å². The maximum Gasteiger partial charge on any atom is 0.437 e. The predicted molar refractivity (Wildman–Crippen MR) is 51.5 cm³/mol. The second-order valence-electron chi connectivity index (χ2n) is 3.08. The fraction of sp³-hybridized carbons (Fsp3) is 0.300. The Morgan fingerprint density at radius 3 is 2.62 bits per heavy atom.